The van der Waals surface area contributed by atoms with Crippen LogP contribution in [0.4, 0.5) is 4.79 Å². The Morgan fingerprint density at radius 2 is 1.48 bits per heavy atom. The number of ether oxygens (including phenoxy) is 1. The molecule has 1 N–H and O–H groups in total. The highest BCUT2D eigenvalue weighted by Gasteiger charge is 2.52. The molecule has 0 unspecified atom stereocenters. The van der Waals surface area contributed by atoms with Crippen LogP contribution in [0.5, 0.6) is 0 Å². The molecule has 1 aliphatic heterocycles. The van der Waals surface area contributed by atoms with Gasteiger partial charge in [-0.1, -0.05) is 80.2 Å². The number of hydrogen-bond acceptors (Lipinski definition) is 4. The Balaban J connectivity index is 1.37. The topological polar surface area (TPSA) is 56.8 Å². The highest BCUT2D eigenvalue weighted by atomic mass is 28.3. The summed E-state index contributed by atoms with van der Waals surface area (Å²) in [5.74, 6) is 3.51. The summed E-state index contributed by atoms with van der Waals surface area (Å²) in [6.07, 6.45) is -0.441. The monoisotopic (exact) mass is 579 g/mol. The van der Waals surface area contributed by atoms with Gasteiger partial charge in [-0.05, 0) is 85.9 Å². The molecule has 218 valence electrons. The largest absolute Gasteiger partial charge is 0.495 e. The van der Waals surface area contributed by atoms with Gasteiger partial charge in [-0.2, -0.15) is 0 Å². The molecule has 0 bridgehead atoms. The van der Waals surface area contributed by atoms with Gasteiger partial charge in [0.1, 0.15) is 14.7 Å². The van der Waals surface area contributed by atoms with Gasteiger partial charge in [0, 0.05) is 18.0 Å². The van der Waals surface area contributed by atoms with Crippen molar-refractivity contribution in [3.63, 3.8) is 0 Å². The third-order valence-electron chi connectivity index (χ3n) is 8.83. The molecule has 1 heterocycles. The number of carbonyl (C=O) groups is 1. The highest BCUT2D eigenvalue weighted by molar-refractivity contribution is 6.83. The average molecular weight is 580 g/mol. The van der Waals surface area contributed by atoms with Crippen LogP contribution in [0.25, 0.3) is 11.1 Å². The van der Waals surface area contributed by atoms with Crippen molar-refractivity contribution < 1.29 is 18.8 Å². The van der Waals surface area contributed by atoms with E-state index in [4.69, 9.17) is 14.0 Å². The second kappa shape index (κ2) is 11.1. The Labute approximate surface area is 252 Å². The van der Waals surface area contributed by atoms with E-state index in [1.54, 1.807) is 0 Å². The van der Waals surface area contributed by atoms with Crippen LogP contribution in [-0.2, 0) is 20.6 Å². The van der Waals surface area contributed by atoms with Crippen molar-refractivity contribution in [1.82, 2.24) is 5.32 Å². The number of carbonyl (C=O) groups excluding carboxylic acids is 1. The zero-order chi connectivity index (χ0) is 30.4. The second-order valence-electron chi connectivity index (χ2n) is 13.5. The predicted octanol–water partition coefficient (Wildman–Crippen LogP) is 6.87. The van der Waals surface area contributed by atoms with E-state index in [1.165, 1.54) is 22.3 Å². The first-order valence-electron chi connectivity index (χ1n) is 14.8. The normalized spacial score (nSPS) is 16.8. The number of rotatable bonds is 5. The SMILES string of the molecule is Cc1c(CNC(=O)OCC2c3ccccc3-c3ccccc32)cc(B2OC(C)(C)C(C)(C)O2)c(C)c1C#C[Si](C)(C)C. The fraction of sp³-hybridized carbons (Fsp3) is 0.400. The lowest BCUT2D eigenvalue weighted by Crippen LogP contribution is -2.41. The first kappa shape index (κ1) is 30.2. The fourth-order valence-electron chi connectivity index (χ4n) is 5.64. The summed E-state index contributed by atoms with van der Waals surface area (Å²) in [4.78, 5) is 13.0. The van der Waals surface area contributed by atoms with Crippen molar-refractivity contribution >= 4 is 26.7 Å². The number of benzene rings is 3. The standard InChI is InChI=1S/C35H42BNO4Si/c1-23-25(20-32(24(2)26(23)18-19-42(7,8)9)36-40-34(3,4)35(5,6)41-36)21-37-33(38)39-22-31-29-16-12-10-14-27(29)28-15-11-13-17-30(28)31/h10-17,20,31H,21-22H2,1-9H3,(H,37,38). The van der Waals surface area contributed by atoms with Gasteiger partial charge in [0.15, 0.2) is 0 Å². The third-order valence-corrected chi connectivity index (χ3v) is 9.71. The van der Waals surface area contributed by atoms with E-state index in [0.717, 1.165) is 27.7 Å². The number of fused-ring (bicyclic) bond motifs is 3. The predicted molar refractivity (Wildman–Crippen MR) is 174 cm³/mol. The summed E-state index contributed by atoms with van der Waals surface area (Å²) in [5.41, 5.74) is 12.4. The summed E-state index contributed by atoms with van der Waals surface area (Å²) < 4.78 is 18.7. The number of hydrogen-bond donors (Lipinski definition) is 1. The Morgan fingerprint density at radius 1 is 0.929 bits per heavy atom. The van der Waals surface area contributed by atoms with Crippen LogP contribution >= 0.6 is 0 Å². The van der Waals surface area contributed by atoms with Crippen molar-refractivity contribution in [3.05, 3.63) is 88.0 Å². The molecular weight excluding hydrogens is 537 g/mol. The maximum Gasteiger partial charge on any atom is 0.495 e. The van der Waals surface area contributed by atoms with Crippen molar-refractivity contribution in [1.29, 1.82) is 0 Å². The summed E-state index contributed by atoms with van der Waals surface area (Å²) >= 11 is 0. The number of amides is 1. The van der Waals surface area contributed by atoms with Gasteiger partial charge in [0.2, 0.25) is 0 Å². The minimum absolute atomic E-state index is 0.0164. The molecule has 5 nitrogen and oxygen atoms in total. The second-order valence-corrected chi connectivity index (χ2v) is 18.3. The lowest BCUT2D eigenvalue weighted by atomic mass is 9.73. The van der Waals surface area contributed by atoms with Crippen LogP contribution in [0.2, 0.25) is 19.6 Å². The molecule has 2 aliphatic rings. The Hall–Kier alpha value is -3.31. The molecule has 3 aromatic rings. The average Bonchev–Trinajstić information content (AvgIpc) is 3.35. The molecule has 1 amide bonds. The van der Waals surface area contributed by atoms with Crippen LogP contribution in [-0.4, -0.2) is 39.1 Å². The maximum absolute atomic E-state index is 13.0. The summed E-state index contributed by atoms with van der Waals surface area (Å²) in [6, 6.07) is 18.8. The molecule has 0 aromatic heterocycles. The van der Waals surface area contributed by atoms with Crippen molar-refractivity contribution in [2.75, 3.05) is 6.61 Å². The van der Waals surface area contributed by atoms with Crippen molar-refractivity contribution in [3.8, 4) is 22.6 Å². The van der Waals surface area contributed by atoms with E-state index < -0.39 is 32.5 Å². The summed E-state index contributed by atoms with van der Waals surface area (Å²) in [5, 5.41) is 3.00. The molecule has 7 heteroatoms. The molecule has 0 saturated carbocycles. The molecule has 42 heavy (non-hydrogen) atoms. The lowest BCUT2D eigenvalue weighted by molar-refractivity contribution is 0.00578. The van der Waals surface area contributed by atoms with E-state index in [2.05, 4.69) is 120 Å². The van der Waals surface area contributed by atoms with Gasteiger partial charge >= 0.3 is 13.2 Å². The van der Waals surface area contributed by atoms with Gasteiger partial charge in [0.25, 0.3) is 0 Å². The van der Waals surface area contributed by atoms with Crippen LogP contribution in [0, 0.1) is 25.3 Å². The van der Waals surface area contributed by atoms with Crippen LogP contribution in [0.15, 0.2) is 54.6 Å². The Kier molecular flexibility index (Phi) is 7.95. The fourth-order valence-corrected chi connectivity index (χ4v) is 6.14. The lowest BCUT2D eigenvalue weighted by Gasteiger charge is -2.32. The van der Waals surface area contributed by atoms with E-state index in [-0.39, 0.29) is 12.5 Å². The molecular formula is C35H42BNO4Si. The van der Waals surface area contributed by atoms with E-state index in [0.29, 0.717) is 6.54 Å². The zero-order valence-electron chi connectivity index (χ0n) is 26.4. The smallest absolute Gasteiger partial charge is 0.449 e. The van der Waals surface area contributed by atoms with E-state index in [1.807, 2.05) is 12.1 Å². The molecule has 0 spiro atoms. The first-order chi connectivity index (χ1) is 19.7. The minimum Gasteiger partial charge on any atom is -0.449 e. The minimum atomic E-state index is -1.62. The Bertz CT molecular complexity index is 1530. The van der Waals surface area contributed by atoms with E-state index in [9.17, 15) is 4.79 Å². The van der Waals surface area contributed by atoms with Crippen molar-refractivity contribution in [2.45, 2.75) is 84.8 Å². The summed E-state index contributed by atoms with van der Waals surface area (Å²) in [7, 11) is -2.14. The van der Waals surface area contributed by atoms with Crippen LogP contribution in [0.1, 0.15) is 67.0 Å². The molecule has 1 aliphatic carbocycles. The van der Waals surface area contributed by atoms with Crippen LogP contribution in [0.3, 0.4) is 0 Å². The molecule has 1 saturated heterocycles. The van der Waals surface area contributed by atoms with Gasteiger partial charge in [-0.3, -0.25) is 0 Å². The molecule has 5 rings (SSSR count). The molecule has 0 atom stereocenters. The van der Waals surface area contributed by atoms with Crippen LogP contribution < -0.4 is 10.8 Å². The van der Waals surface area contributed by atoms with Crippen molar-refractivity contribution in [2.24, 2.45) is 0 Å². The van der Waals surface area contributed by atoms with Gasteiger partial charge < -0.3 is 19.4 Å². The third kappa shape index (κ3) is 5.81. The quantitative estimate of drug-likeness (QED) is 0.265. The van der Waals surface area contributed by atoms with Gasteiger partial charge in [0.05, 0.1) is 11.2 Å². The first-order valence-corrected chi connectivity index (χ1v) is 18.3. The maximum atomic E-state index is 13.0. The molecule has 0 radical (unpaired) electrons. The summed E-state index contributed by atoms with van der Waals surface area (Å²) in [6.45, 7) is 19.7. The van der Waals surface area contributed by atoms with E-state index >= 15 is 0 Å². The van der Waals surface area contributed by atoms with Gasteiger partial charge in [-0.25, -0.2) is 4.79 Å². The molecule has 1 fully saturated rings. The Morgan fingerprint density at radius 3 is 2.02 bits per heavy atom. The molecule has 3 aromatic carbocycles. The number of alkyl carbamates (subject to hydrolysis) is 1. The zero-order valence-corrected chi connectivity index (χ0v) is 27.4. The van der Waals surface area contributed by atoms with Gasteiger partial charge in [-0.15, -0.1) is 5.54 Å². The number of nitrogens with one attached hydrogen (secondary N) is 1. The highest BCUT2D eigenvalue weighted by Crippen LogP contribution is 2.44.